The predicted octanol–water partition coefficient (Wildman–Crippen LogP) is 6.95. The van der Waals surface area contributed by atoms with Crippen molar-refractivity contribution in [1.29, 1.82) is 5.26 Å². The van der Waals surface area contributed by atoms with Gasteiger partial charge in [0.15, 0.2) is 0 Å². The number of hydrogen-bond acceptors (Lipinski definition) is 5. The summed E-state index contributed by atoms with van der Waals surface area (Å²) in [4.78, 5) is 6.81. The van der Waals surface area contributed by atoms with Gasteiger partial charge in [-0.2, -0.15) is 5.26 Å². The zero-order chi connectivity index (χ0) is 28.2. The second-order valence-corrected chi connectivity index (χ2v) is 11.1. The summed E-state index contributed by atoms with van der Waals surface area (Å²) in [6.45, 7) is 14.9. The minimum atomic E-state index is -1.03. The van der Waals surface area contributed by atoms with Crippen molar-refractivity contribution in [3.05, 3.63) is 106 Å². The minimum Gasteiger partial charge on any atom is -0.384 e. The first-order valence-corrected chi connectivity index (χ1v) is 14.1. The lowest BCUT2D eigenvalue weighted by atomic mass is 9.92. The predicted molar refractivity (Wildman–Crippen MR) is 162 cm³/mol. The third-order valence-corrected chi connectivity index (χ3v) is 8.18. The number of β-amino-alcohol motifs (C(OH)–C–C–N with tert-alkyl or cyclic N) is 1. The van der Waals surface area contributed by atoms with Crippen molar-refractivity contribution in [3.63, 3.8) is 0 Å². The highest BCUT2D eigenvalue weighted by Crippen LogP contribution is 2.37. The standard InChI is InChI=1S/C32H36Cl2N4O/c1-5-37(6-2)23(3)25-8-12-27(13-9-25)32(4,39)22-36-17-18-38(30-16-7-24(20-35)19-29(30)34)31(21-36)26-10-14-28(33)15-11-26/h7-16,19,31,39H,3,5-6,17-18,21-22H2,1-2,4H3/t31-,32+/m0/s1. The van der Waals surface area contributed by atoms with Gasteiger partial charge in [0.25, 0.3) is 0 Å². The number of rotatable bonds is 9. The van der Waals surface area contributed by atoms with E-state index in [4.69, 9.17) is 23.2 Å². The van der Waals surface area contributed by atoms with Crippen LogP contribution in [-0.2, 0) is 5.60 Å². The molecule has 0 aromatic heterocycles. The Hall–Kier alpha value is -3.01. The van der Waals surface area contributed by atoms with Crippen molar-refractivity contribution >= 4 is 34.6 Å². The maximum absolute atomic E-state index is 11.6. The average molecular weight is 564 g/mol. The monoisotopic (exact) mass is 562 g/mol. The van der Waals surface area contributed by atoms with E-state index < -0.39 is 5.60 Å². The SMILES string of the molecule is C=C(c1ccc([C@](C)(O)CN2CCN(c3ccc(C#N)cc3Cl)[C@H](c3ccc(Cl)cc3)C2)cc1)N(CC)CC. The first kappa shape index (κ1) is 29.0. The molecule has 1 aliphatic rings. The summed E-state index contributed by atoms with van der Waals surface area (Å²) in [5.74, 6) is 0. The molecule has 0 unspecified atom stereocenters. The maximum atomic E-state index is 11.6. The molecule has 1 heterocycles. The van der Waals surface area contributed by atoms with Crippen LogP contribution in [0.2, 0.25) is 10.0 Å². The van der Waals surface area contributed by atoms with Gasteiger partial charge in [-0.05, 0) is 67.8 Å². The molecule has 0 saturated carbocycles. The Balaban J connectivity index is 1.55. The molecule has 1 N–H and O–H groups in total. The quantitative estimate of drug-likeness (QED) is 0.306. The molecule has 3 aromatic carbocycles. The topological polar surface area (TPSA) is 53.7 Å². The fraction of sp³-hybridized carbons (Fsp3) is 0.344. The Labute approximate surface area is 242 Å². The van der Waals surface area contributed by atoms with Crippen molar-refractivity contribution in [2.75, 3.05) is 44.2 Å². The van der Waals surface area contributed by atoms with Gasteiger partial charge in [-0.1, -0.05) is 66.2 Å². The van der Waals surface area contributed by atoms with Crippen molar-refractivity contribution in [1.82, 2.24) is 9.80 Å². The molecule has 1 saturated heterocycles. The van der Waals surface area contributed by atoms with E-state index in [1.165, 1.54) is 0 Å². The van der Waals surface area contributed by atoms with E-state index in [0.717, 1.165) is 54.3 Å². The number of nitriles is 1. The van der Waals surface area contributed by atoms with Gasteiger partial charge in [-0.15, -0.1) is 0 Å². The molecular formula is C32H36Cl2N4O. The van der Waals surface area contributed by atoms with E-state index in [9.17, 15) is 10.4 Å². The summed E-state index contributed by atoms with van der Waals surface area (Å²) in [6.07, 6.45) is 0. The number of anilines is 1. The van der Waals surface area contributed by atoms with Gasteiger partial charge in [0.2, 0.25) is 0 Å². The number of benzene rings is 3. The lowest BCUT2D eigenvalue weighted by molar-refractivity contribution is 0.0103. The third kappa shape index (κ3) is 6.59. The Morgan fingerprint density at radius 3 is 2.31 bits per heavy atom. The van der Waals surface area contributed by atoms with Crippen molar-refractivity contribution in [3.8, 4) is 6.07 Å². The molecule has 204 valence electrons. The number of halogens is 2. The Morgan fingerprint density at radius 1 is 1.05 bits per heavy atom. The van der Waals surface area contributed by atoms with Gasteiger partial charge in [0.1, 0.15) is 0 Å². The lowest BCUT2D eigenvalue weighted by Crippen LogP contribution is -2.52. The van der Waals surface area contributed by atoms with Gasteiger partial charge < -0.3 is 14.9 Å². The van der Waals surface area contributed by atoms with Crippen LogP contribution in [0.3, 0.4) is 0 Å². The molecule has 0 spiro atoms. The minimum absolute atomic E-state index is 0.00276. The number of piperazine rings is 1. The van der Waals surface area contributed by atoms with Crippen LogP contribution in [-0.4, -0.2) is 54.2 Å². The zero-order valence-corrected chi connectivity index (χ0v) is 24.4. The lowest BCUT2D eigenvalue weighted by Gasteiger charge is -2.45. The van der Waals surface area contributed by atoms with Crippen LogP contribution in [0.5, 0.6) is 0 Å². The van der Waals surface area contributed by atoms with Crippen molar-refractivity contribution < 1.29 is 5.11 Å². The van der Waals surface area contributed by atoms with Gasteiger partial charge in [-0.3, -0.25) is 4.90 Å². The zero-order valence-electron chi connectivity index (χ0n) is 22.9. The van der Waals surface area contributed by atoms with E-state index in [0.29, 0.717) is 28.7 Å². The second-order valence-electron chi connectivity index (χ2n) is 10.2. The molecule has 1 aliphatic heterocycles. The van der Waals surface area contributed by atoms with Crippen LogP contribution in [0.4, 0.5) is 5.69 Å². The Kier molecular flexibility index (Phi) is 9.25. The molecule has 4 rings (SSSR count). The fourth-order valence-electron chi connectivity index (χ4n) is 5.39. The van der Waals surface area contributed by atoms with E-state index in [1.807, 2.05) is 61.5 Å². The molecule has 39 heavy (non-hydrogen) atoms. The Morgan fingerprint density at radius 2 is 1.72 bits per heavy atom. The molecule has 1 fully saturated rings. The second kappa shape index (κ2) is 12.4. The molecule has 0 radical (unpaired) electrons. The van der Waals surface area contributed by atoms with Gasteiger partial charge in [0, 0.05) is 50.0 Å². The summed E-state index contributed by atoms with van der Waals surface area (Å²) in [5.41, 5.74) is 4.44. The van der Waals surface area contributed by atoms with Gasteiger partial charge in [0.05, 0.1) is 34.0 Å². The van der Waals surface area contributed by atoms with Crippen LogP contribution in [0, 0.1) is 11.3 Å². The molecule has 7 heteroatoms. The largest absolute Gasteiger partial charge is 0.384 e. The summed E-state index contributed by atoms with van der Waals surface area (Å²) in [5, 5.41) is 22.1. The highest BCUT2D eigenvalue weighted by atomic mass is 35.5. The molecule has 0 bridgehead atoms. The van der Waals surface area contributed by atoms with E-state index in [2.05, 4.69) is 41.2 Å². The first-order valence-electron chi connectivity index (χ1n) is 13.4. The van der Waals surface area contributed by atoms with E-state index >= 15 is 0 Å². The third-order valence-electron chi connectivity index (χ3n) is 7.62. The normalized spacial score (nSPS) is 17.4. The Bertz CT molecular complexity index is 1330. The summed E-state index contributed by atoms with van der Waals surface area (Å²) >= 11 is 12.8. The summed E-state index contributed by atoms with van der Waals surface area (Å²) in [7, 11) is 0. The van der Waals surface area contributed by atoms with Crippen LogP contribution < -0.4 is 4.90 Å². The average Bonchev–Trinajstić information content (AvgIpc) is 2.94. The fourth-order valence-corrected chi connectivity index (χ4v) is 5.80. The smallest absolute Gasteiger partial charge is 0.0994 e. The first-order chi connectivity index (χ1) is 18.7. The van der Waals surface area contributed by atoms with E-state index in [-0.39, 0.29) is 6.04 Å². The van der Waals surface area contributed by atoms with Crippen molar-refractivity contribution in [2.45, 2.75) is 32.4 Å². The number of nitrogens with zero attached hydrogens (tertiary/aromatic N) is 4. The molecule has 0 amide bonds. The molecular weight excluding hydrogens is 527 g/mol. The number of hydrogen-bond donors (Lipinski definition) is 1. The van der Waals surface area contributed by atoms with E-state index in [1.54, 1.807) is 12.1 Å². The maximum Gasteiger partial charge on any atom is 0.0994 e. The van der Waals surface area contributed by atoms with Crippen LogP contribution in [0.15, 0.2) is 73.3 Å². The highest BCUT2D eigenvalue weighted by molar-refractivity contribution is 6.33. The van der Waals surface area contributed by atoms with Crippen molar-refractivity contribution in [2.24, 2.45) is 0 Å². The van der Waals surface area contributed by atoms with Gasteiger partial charge >= 0.3 is 0 Å². The molecule has 0 aliphatic carbocycles. The summed E-state index contributed by atoms with van der Waals surface area (Å²) < 4.78 is 0. The van der Waals surface area contributed by atoms with Gasteiger partial charge in [-0.25, -0.2) is 0 Å². The highest BCUT2D eigenvalue weighted by Gasteiger charge is 2.34. The van der Waals surface area contributed by atoms with Crippen LogP contribution in [0.25, 0.3) is 5.70 Å². The number of aliphatic hydroxyl groups is 1. The van der Waals surface area contributed by atoms with Crippen LogP contribution in [0.1, 0.15) is 49.1 Å². The summed E-state index contributed by atoms with van der Waals surface area (Å²) in [6, 6.07) is 23.6. The van der Waals surface area contributed by atoms with Crippen LogP contribution >= 0.6 is 23.2 Å². The molecule has 3 aromatic rings. The molecule has 5 nitrogen and oxygen atoms in total. The molecule has 2 atom stereocenters.